The third-order valence-corrected chi connectivity index (χ3v) is 11.3. The molecule has 0 aliphatic rings. The molecule has 2 aromatic heterocycles. The van der Waals surface area contributed by atoms with E-state index in [9.17, 15) is 0 Å². The maximum Gasteiger partial charge on any atom is 0.165 e. The molecule has 0 saturated carbocycles. The van der Waals surface area contributed by atoms with Gasteiger partial charge in [-0.05, 0) is 77.4 Å². The van der Waals surface area contributed by atoms with E-state index in [1.807, 2.05) is 18.2 Å². The second-order valence-electron chi connectivity index (χ2n) is 14.3. The molecule has 0 amide bonds. The van der Waals surface area contributed by atoms with Gasteiger partial charge in [0.05, 0.1) is 0 Å². The number of hydrogen-bond acceptors (Lipinski definition) is 4. The highest BCUT2D eigenvalue weighted by molar-refractivity contribution is 6.33. The second-order valence-corrected chi connectivity index (χ2v) is 14.3. The quantitative estimate of drug-likeness (QED) is 0.172. The molecule has 0 atom stereocenters. The van der Waals surface area contributed by atoms with Gasteiger partial charge in [0, 0.05) is 32.8 Å². The molecule has 0 saturated heterocycles. The first-order valence-corrected chi connectivity index (χ1v) is 18.6. The molecule has 0 spiro atoms. The van der Waals surface area contributed by atoms with Crippen molar-refractivity contribution in [3.05, 3.63) is 176 Å². The van der Waals surface area contributed by atoms with Crippen LogP contribution in [-0.2, 0) is 0 Å². The van der Waals surface area contributed by atoms with Gasteiger partial charge in [-0.15, -0.1) is 0 Å². The highest BCUT2D eigenvalue weighted by atomic mass is 16.3. The number of nitrogens with zero attached hydrogens (tertiary/aromatic N) is 3. The van der Waals surface area contributed by atoms with Crippen LogP contribution < -0.4 is 0 Å². The van der Waals surface area contributed by atoms with Gasteiger partial charge >= 0.3 is 0 Å². The first kappa shape index (κ1) is 30.1. The Morgan fingerprint density at radius 2 is 0.818 bits per heavy atom. The Labute approximate surface area is 315 Å². The summed E-state index contributed by atoms with van der Waals surface area (Å²) in [4.78, 5) is 15.8. The standard InChI is InChI=1S/C51H29N3O/c1-2-13-31(14-3-1)49-52-50(34-24-25-36-33(28-34)23-22-30-12-4-6-16-35(30)36)54-51(53-49)47-37-17-7-5-15-32(37)29-44-46(47)43-27-26-42-40-20-9-8-18-38(40)39-19-10-11-21-41(39)45(42)48(43)55-44/h1-29H. The Morgan fingerprint density at radius 1 is 0.309 bits per heavy atom. The fourth-order valence-corrected chi connectivity index (χ4v) is 8.76. The molecule has 12 rings (SSSR count). The van der Waals surface area contributed by atoms with Crippen molar-refractivity contribution in [1.29, 1.82) is 0 Å². The molecule has 12 aromatic rings. The average Bonchev–Trinajstić information content (AvgIpc) is 3.63. The fraction of sp³-hybridized carbons (Fsp3) is 0. The summed E-state index contributed by atoms with van der Waals surface area (Å²) in [6.07, 6.45) is 0. The predicted octanol–water partition coefficient (Wildman–Crippen LogP) is 13.7. The fourth-order valence-electron chi connectivity index (χ4n) is 8.76. The average molecular weight is 700 g/mol. The van der Waals surface area contributed by atoms with Gasteiger partial charge in [-0.3, -0.25) is 0 Å². The Balaban J connectivity index is 1.19. The van der Waals surface area contributed by atoms with Crippen molar-refractivity contribution in [1.82, 2.24) is 15.0 Å². The van der Waals surface area contributed by atoms with Crippen LogP contribution in [0, 0.1) is 0 Å². The first-order valence-electron chi connectivity index (χ1n) is 18.6. The van der Waals surface area contributed by atoms with Crippen molar-refractivity contribution in [2.24, 2.45) is 0 Å². The van der Waals surface area contributed by atoms with Gasteiger partial charge in [0.2, 0.25) is 0 Å². The molecular formula is C51H29N3O. The van der Waals surface area contributed by atoms with Crippen LogP contribution in [0.25, 0.3) is 121 Å². The van der Waals surface area contributed by atoms with Gasteiger partial charge < -0.3 is 4.42 Å². The molecule has 254 valence electrons. The molecule has 0 aliphatic heterocycles. The van der Waals surface area contributed by atoms with Gasteiger partial charge in [-0.25, -0.2) is 15.0 Å². The van der Waals surface area contributed by atoms with E-state index in [1.54, 1.807) is 0 Å². The van der Waals surface area contributed by atoms with Crippen LogP contribution in [-0.4, -0.2) is 15.0 Å². The van der Waals surface area contributed by atoms with Gasteiger partial charge in [-0.1, -0.05) is 158 Å². The molecule has 10 aromatic carbocycles. The predicted molar refractivity (Wildman–Crippen MR) is 228 cm³/mol. The van der Waals surface area contributed by atoms with Crippen LogP contribution in [0.15, 0.2) is 180 Å². The van der Waals surface area contributed by atoms with Crippen LogP contribution in [0.4, 0.5) is 0 Å². The number of furan rings is 1. The third-order valence-electron chi connectivity index (χ3n) is 11.3. The maximum absolute atomic E-state index is 7.03. The smallest absolute Gasteiger partial charge is 0.165 e. The van der Waals surface area contributed by atoms with Crippen molar-refractivity contribution in [2.75, 3.05) is 0 Å². The Kier molecular flexibility index (Phi) is 6.31. The van der Waals surface area contributed by atoms with E-state index in [0.29, 0.717) is 17.5 Å². The summed E-state index contributed by atoms with van der Waals surface area (Å²) in [6, 6.07) is 62.0. The van der Waals surface area contributed by atoms with Crippen LogP contribution in [0.3, 0.4) is 0 Å². The number of aromatic nitrogens is 3. The lowest BCUT2D eigenvalue weighted by Gasteiger charge is -2.12. The van der Waals surface area contributed by atoms with E-state index in [-0.39, 0.29) is 0 Å². The summed E-state index contributed by atoms with van der Waals surface area (Å²) >= 11 is 0. The number of hydrogen-bond donors (Lipinski definition) is 0. The second kappa shape index (κ2) is 11.5. The molecule has 0 radical (unpaired) electrons. The Bertz CT molecular complexity index is 3510. The number of rotatable bonds is 3. The molecule has 55 heavy (non-hydrogen) atoms. The lowest BCUT2D eigenvalue weighted by Crippen LogP contribution is -2.01. The lowest BCUT2D eigenvalue weighted by atomic mass is 9.92. The minimum atomic E-state index is 0.607. The van der Waals surface area contributed by atoms with Gasteiger partial charge in [0.25, 0.3) is 0 Å². The summed E-state index contributed by atoms with van der Waals surface area (Å²) in [7, 11) is 0. The van der Waals surface area contributed by atoms with E-state index in [4.69, 9.17) is 19.4 Å². The Hall–Kier alpha value is -7.43. The minimum absolute atomic E-state index is 0.607. The van der Waals surface area contributed by atoms with Gasteiger partial charge in [0.1, 0.15) is 11.2 Å². The highest BCUT2D eigenvalue weighted by Crippen LogP contribution is 2.46. The summed E-state index contributed by atoms with van der Waals surface area (Å²) in [5.74, 6) is 1.85. The molecule has 0 aliphatic carbocycles. The maximum atomic E-state index is 7.03. The van der Waals surface area contributed by atoms with E-state index in [0.717, 1.165) is 60.2 Å². The summed E-state index contributed by atoms with van der Waals surface area (Å²) in [6.45, 7) is 0. The van der Waals surface area contributed by atoms with Crippen LogP contribution in [0.5, 0.6) is 0 Å². The molecule has 0 fully saturated rings. The van der Waals surface area contributed by atoms with Crippen LogP contribution >= 0.6 is 0 Å². The molecular weight excluding hydrogens is 671 g/mol. The van der Waals surface area contributed by atoms with Crippen molar-refractivity contribution < 1.29 is 4.42 Å². The van der Waals surface area contributed by atoms with Crippen molar-refractivity contribution in [3.63, 3.8) is 0 Å². The molecule has 0 bridgehead atoms. The largest absolute Gasteiger partial charge is 0.455 e. The summed E-state index contributed by atoms with van der Waals surface area (Å²) in [5.41, 5.74) is 4.46. The van der Waals surface area contributed by atoms with Crippen LogP contribution in [0.1, 0.15) is 0 Å². The highest BCUT2D eigenvalue weighted by Gasteiger charge is 2.23. The van der Waals surface area contributed by atoms with E-state index >= 15 is 0 Å². The molecule has 4 nitrogen and oxygen atoms in total. The van der Waals surface area contributed by atoms with Crippen molar-refractivity contribution in [3.8, 4) is 34.2 Å². The van der Waals surface area contributed by atoms with Crippen molar-refractivity contribution in [2.45, 2.75) is 0 Å². The molecule has 4 heteroatoms. The summed E-state index contributed by atoms with van der Waals surface area (Å²) in [5, 5.41) is 16.0. The zero-order chi connectivity index (χ0) is 36.0. The Morgan fingerprint density at radius 3 is 1.60 bits per heavy atom. The van der Waals surface area contributed by atoms with Gasteiger partial charge in [-0.2, -0.15) is 0 Å². The van der Waals surface area contributed by atoms with E-state index in [1.165, 1.54) is 43.1 Å². The first-order chi connectivity index (χ1) is 27.3. The SMILES string of the molecule is c1ccc(-c2nc(-c3ccc4c(ccc5ccccc54)c3)nc(-c3c4ccccc4cc4oc5c(ccc6c7ccccc7c7ccccc7c65)c34)n2)cc1. The monoisotopic (exact) mass is 699 g/mol. The summed E-state index contributed by atoms with van der Waals surface area (Å²) < 4.78 is 7.03. The molecule has 0 N–H and O–H groups in total. The zero-order valence-electron chi connectivity index (χ0n) is 29.5. The van der Waals surface area contributed by atoms with E-state index < -0.39 is 0 Å². The van der Waals surface area contributed by atoms with E-state index in [2.05, 4.69) is 158 Å². The number of fused-ring (bicyclic) bond motifs is 14. The van der Waals surface area contributed by atoms with Crippen LogP contribution in [0.2, 0.25) is 0 Å². The third kappa shape index (κ3) is 4.49. The number of benzene rings is 10. The van der Waals surface area contributed by atoms with Gasteiger partial charge in [0.15, 0.2) is 17.5 Å². The minimum Gasteiger partial charge on any atom is -0.455 e. The van der Waals surface area contributed by atoms with Crippen molar-refractivity contribution >= 4 is 86.6 Å². The topological polar surface area (TPSA) is 51.8 Å². The zero-order valence-corrected chi connectivity index (χ0v) is 29.5. The normalized spacial score (nSPS) is 12.0. The molecule has 2 heterocycles. The lowest BCUT2D eigenvalue weighted by molar-refractivity contribution is 0.673. The molecule has 0 unspecified atom stereocenters.